The van der Waals surface area contributed by atoms with Crippen LogP contribution in [0.15, 0.2) is 24.3 Å². The molecule has 23 heavy (non-hydrogen) atoms. The van der Waals surface area contributed by atoms with Gasteiger partial charge in [0, 0.05) is 11.1 Å². The van der Waals surface area contributed by atoms with E-state index in [-0.39, 0.29) is 17.9 Å². The first-order chi connectivity index (χ1) is 10.8. The zero-order valence-corrected chi connectivity index (χ0v) is 14.1. The van der Waals surface area contributed by atoms with Crippen LogP contribution in [0.2, 0.25) is 5.02 Å². The van der Waals surface area contributed by atoms with Crippen LogP contribution in [0, 0.1) is 5.92 Å². The third-order valence-corrected chi connectivity index (χ3v) is 4.36. The Morgan fingerprint density at radius 2 is 1.91 bits per heavy atom. The molecule has 0 spiro atoms. The third kappa shape index (κ3) is 4.86. The van der Waals surface area contributed by atoms with E-state index < -0.39 is 11.6 Å². The molecule has 1 fully saturated rings. The fourth-order valence-corrected chi connectivity index (χ4v) is 2.90. The number of carboxylic acid groups (broad SMARTS) is 1. The summed E-state index contributed by atoms with van der Waals surface area (Å²) in [4.78, 5) is 23.4. The predicted octanol–water partition coefficient (Wildman–Crippen LogP) is 3.26. The smallest absolute Gasteiger partial charge is 0.306 e. The van der Waals surface area contributed by atoms with E-state index in [0.29, 0.717) is 36.5 Å². The average molecular weight is 340 g/mol. The SMILES string of the molecule is CC(C)(Oc1cccc(Cl)c1)C(=O)NC1CCC(C(=O)O)CC1. The minimum absolute atomic E-state index is 0.000311. The Labute approximate surface area is 141 Å². The summed E-state index contributed by atoms with van der Waals surface area (Å²) in [5.41, 5.74) is -1.03. The molecule has 0 saturated heterocycles. The van der Waals surface area contributed by atoms with Gasteiger partial charge in [0.05, 0.1) is 5.92 Å². The molecule has 0 atom stereocenters. The highest BCUT2D eigenvalue weighted by Gasteiger charge is 2.33. The monoisotopic (exact) mass is 339 g/mol. The zero-order valence-electron chi connectivity index (χ0n) is 13.3. The van der Waals surface area contributed by atoms with E-state index in [2.05, 4.69) is 5.32 Å². The summed E-state index contributed by atoms with van der Waals surface area (Å²) in [7, 11) is 0. The molecule has 1 amide bonds. The van der Waals surface area contributed by atoms with Crippen LogP contribution in [0.25, 0.3) is 0 Å². The molecule has 1 saturated carbocycles. The second-order valence-corrected chi connectivity index (χ2v) is 6.87. The number of rotatable bonds is 5. The van der Waals surface area contributed by atoms with Crippen LogP contribution >= 0.6 is 11.6 Å². The number of hydrogen-bond donors (Lipinski definition) is 2. The maximum absolute atomic E-state index is 12.5. The van der Waals surface area contributed by atoms with Gasteiger partial charge >= 0.3 is 5.97 Å². The minimum atomic E-state index is -1.03. The van der Waals surface area contributed by atoms with Gasteiger partial charge in [-0.15, -0.1) is 0 Å². The highest BCUT2D eigenvalue weighted by molar-refractivity contribution is 6.30. The molecular formula is C17H22ClNO4. The number of halogens is 1. The molecule has 1 aromatic rings. The summed E-state index contributed by atoms with van der Waals surface area (Å²) in [5, 5.41) is 12.5. The van der Waals surface area contributed by atoms with Crippen molar-refractivity contribution in [3.05, 3.63) is 29.3 Å². The van der Waals surface area contributed by atoms with Crippen molar-refractivity contribution in [2.24, 2.45) is 5.92 Å². The van der Waals surface area contributed by atoms with E-state index in [1.807, 2.05) is 0 Å². The van der Waals surface area contributed by atoms with Crippen molar-refractivity contribution in [3.63, 3.8) is 0 Å². The maximum Gasteiger partial charge on any atom is 0.306 e. The first-order valence-electron chi connectivity index (χ1n) is 7.76. The quantitative estimate of drug-likeness (QED) is 0.863. The van der Waals surface area contributed by atoms with Gasteiger partial charge in [-0.3, -0.25) is 9.59 Å². The van der Waals surface area contributed by atoms with Gasteiger partial charge in [0.1, 0.15) is 5.75 Å². The zero-order chi connectivity index (χ0) is 17.0. The average Bonchev–Trinajstić information content (AvgIpc) is 2.47. The van der Waals surface area contributed by atoms with Crippen molar-refractivity contribution in [1.29, 1.82) is 0 Å². The van der Waals surface area contributed by atoms with Gasteiger partial charge in [-0.05, 0) is 57.7 Å². The van der Waals surface area contributed by atoms with Crippen LogP contribution < -0.4 is 10.1 Å². The van der Waals surface area contributed by atoms with Crippen LogP contribution in [0.4, 0.5) is 0 Å². The van der Waals surface area contributed by atoms with Crippen LogP contribution in [0.3, 0.4) is 0 Å². The van der Waals surface area contributed by atoms with Crippen molar-refractivity contribution in [2.45, 2.75) is 51.2 Å². The first-order valence-corrected chi connectivity index (χ1v) is 8.14. The number of amides is 1. The molecule has 5 nitrogen and oxygen atoms in total. The van der Waals surface area contributed by atoms with Crippen LogP contribution in [0.5, 0.6) is 5.75 Å². The van der Waals surface area contributed by atoms with Gasteiger partial charge in [0.25, 0.3) is 5.91 Å². The molecule has 2 rings (SSSR count). The number of aliphatic carboxylic acids is 1. The minimum Gasteiger partial charge on any atom is -0.481 e. The normalized spacial score (nSPS) is 21.5. The summed E-state index contributed by atoms with van der Waals surface area (Å²) >= 11 is 5.92. The lowest BCUT2D eigenvalue weighted by Gasteiger charge is -2.31. The Hall–Kier alpha value is -1.75. The molecule has 0 heterocycles. The molecule has 0 aromatic heterocycles. The van der Waals surface area contributed by atoms with Crippen molar-refractivity contribution < 1.29 is 19.4 Å². The lowest BCUT2D eigenvalue weighted by atomic mass is 9.86. The maximum atomic E-state index is 12.5. The molecule has 1 aliphatic rings. The number of carbonyl (C=O) groups excluding carboxylic acids is 1. The topological polar surface area (TPSA) is 75.6 Å². The Morgan fingerprint density at radius 1 is 1.26 bits per heavy atom. The largest absolute Gasteiger partial charge is 0.481 e. The highest BCUT2D eigenvalue weighted by atomic mass is 35.5. The van der Waals surface area contributed by atoms with Crippen LogP contribution in [-0.2, 0) is 9.59 Å². The summed E-state index contributed by atoms with van der Waals surface area (Å²) in [5.74, 6) is -0.721. The van der Waals surface area contributed by atoms with Crippen molar-refractivity contribution in [3.8, 4) is 5.75 Å². The Kier molecular flexibility index (Phi) is 5.52. The molecule has 0 unspecified atom stereocenters. The van der Waals surface area contributed by atoms with Crippen LogP contribution in [-0.4, -0.2) is 28.6 Å². The van der Waals surface area contributed by atoms with Gasteiger partial charge in [-0.25, -0.2) is 0 Å². The number of hydrogen-bond acceptors (Lipinski definition) is 3. The molecular weight excluding hydrogens is 318 g/mol. The molecule has 0 radical (unpaired) electrons. The van der Waals surface area contributed by atoms with E-state index in [1.165, 1.54) is 0 Å². The number of carbonyl (C=O) groups is 2. The lowest BCUT2D eigenvalue weighted by Crippen LogP contribution is -2.51. The van der Waals surface area contributed by atoms with Crippen molar-refractivity contribution in [1.82, 2.24) is 5.32 Å². The molecule has 6 heteroatoms. The molecule has 1 aliphatic carbocycles. The van der Waals surface area contributed by atoms with Crippen LogP contribution in [0.1, 0.15) is 39.5 Å². The summed E-state index contributed by atoms with van der Waals surface area (Å²) in [6.07, 6.45) is 2.54. The first kappa shape index (κ1) is 17.6. The number of ether oxygens (including phenoxy) is 1. The predicted molar refractivity (Wildman–Crippen MR) is 87.7 cm³/mol. The van der Waals surface area contributed by atoms with Gasteiger partial charge in [0.15, 0.2) is 5.60 Å². The van der Waals surface area contributed by atoms with Crippen molar-refractivity contribution >= 4 is 23.5 Å². The molecule has 2 N–H and O–H groups in total. The van der Waals surface area contributed by atoms with Gasteiger partial charge in [-0.1, -0.05) is 17.7 Å². The fraction of sp³-hybridized carbons (Fsp3) is 0.529. The summed E-state index contributed by atoms with van der Waals surface area (Å²) in [6.45, 7) is 3.40. The van der Waals surface area contributed by atoms with E-state index in [0.717, 1.165) is 0 Å². The van der Waals surface area contributed by atoms with Crippen molar-refractivity contribution in [2.75, 3.05) is 0 Å². The Morgan fingerprint density at radius 3 is 2.48 bits per heavy atom. The number of benzene rings is 1. The Balaban J connectivity index is 1.90. The fourth-order valence-electron chi connectivity index (χ4n) is 2.72. The number of nitrogens with one attached hydrogen (secondary N) is 1. The molecule has 0 bridgehead atoms. The second kappa shape index (κ2) is 7.21. The highest BCUT2D eigenvalue weighted by Crippen LogP contribution is 2.26. The lowest BCUT2D eigenvalue weighted by molar-refractivity contribution is -0.143. The van der Waals surface area contributed by atoms with Gasteiger partial charge < -0.3 is 15.2 Å². The standard InChI is InChI=1S/C17H22ClNO4/c1-17(2,23-14-5-3-4-12(18)10-14)16(22)19-13-8-6-11(7-9-13)15(20)21/h3-5,10-11,13H,6-9H2,1-2H3,(H,19,22)(H,20,21). The Bertz CT molecular complexity index is 580. The number of carboxylic acids is 1. The van der Waals surface area contributed by atoms with E-state index in [1.54, 1.807) is 38.1 Å². The van der Waals surface area contributed by atoms with E-state index >= 15 is 0 Å². The molecule has 126 valence electrons. The van der Waals surface area contributed by atoms with E-state index in [9.17, 15) is 9.59 Å². The molecule has 0 aliphatic heterocycles. The third-order valence-electron chi connectivity index (χ3n) is 4.13. The second-order valence-electron chi connectivity index (χ2n) is 6.43. The van der Waals surface area contributed by atoms with Gasteiger partial charge in [-0.2, -0.15) is 0 Å². The van der Waals surface area contributed by atoms with Gasteiger partial charge in [0.2, 0.25) is 0 Å². The summed E-state index contributed by atoms with van der Waals surface area (Å²) < 4.78 is 5.75. The molecule has 1 aromatic carbocycles. The van der Waals surface area contributed by atoms with E-state index in [4.69, 9.17) is 21.4 Å². The summed E-state index contributed by atoms with van der Waals surface area (Å²) in [6, 6.07) is 6.91.